The van der Waals surface area contributed by atoms with Gasteiger partial charge in [-0.3, -0.25) is 28.8 Å². The molecular formula is C19H17ClN6O3. The van der Waals surface area contributed by atoms with Crippen LogP contribution >= 0.6 is 11.6 Å². The molecule has 4 rings (SSSR count). The molecule has 10 heteroatoms. The van der Waals surface area contributed by atoms with Crippen LogP contribution in [0.3, 0.4) is 0 Å². The molecule has 0 saturated heterocycles. The summed E-state index contributed by atoms with van der Waals surface area (Å²) in [6, 6.07) is 11.7. The van der Waals surface area contributed by atoms with Gasteiger partial charge in [0.25, 0.3) is 11.2 Å². The third-order valence-corrected chi connectivity index (χ3v) is 5.15. The summed E-state index contributed by atoms with van der Waals surface area (Å²) < 4.78 is 3.32. The lowest BCUT2D eigenvalue weighted by Crippen LogP contribution is -2.22. The summed E-state index contributed by atoms with van der Waals surface area (Å²) in [4.78, 5) is 25.1. The average molecular weight is 413 g/mol. The molecule has 0 aliphatic heterocycles. The van der Waals surface area contributed by atoms with Gasteiger partial charge in [-0.2, -0.15) is 0 Å². The van der Waals surface area contributed by atoms with Crippen molar-refractivity contribution in [1.29, 1.82) is 0 Å². The van der Waals surface area contributed by atoms with Gasteiger partial charge in [0.15, 0.2) is 5.82 Å². The van der Waals surface area contributed by atoms with Crippen molar-refractivity contribution in [3.63, 3.8) is 0 Å². The highest BCUT2D eigenvalue weighted by molar-refractivity contribution is 6.31. The molecule has 148 valence electrons. The average Bonchev–Trinajstić information content (AvgIpc) is 3.11. The van der Waals surface area contributed by atoms with E-state index in [1.54, 1.807) is 13.1 Å². The minimum Gasteiger partial charge on any atom is -0.295 e. The number of hydrogen-bond donors (Lipinski definition) is 0. The third kappa shape index (κ3) is 3.34. The maximum atomic E-state index is 12.5. The van der Waals surface area contributed by atoms with Gasteiger partial charge in [0.1, 0.15) is 0 Å². The molecule has 0 fully saturated rings. The highest BCUT2D eigenvalue weighted by atomic mass is 35.5. The predicted octanol–water partition coefficient (Wildman–Crippen LogP) is 2.77. The second-order valence-electron chi connectivity index (χ2n) is 6.84. The number of nitro benzene ring substituents is 1. The first-order valence-electron chi connectivity index (χ1n) is 8.80. The number of non-ortho nitro benzene ring substituents is 1. The molecular weight excluding hydrogens is 396 g/mol. The highest BCUT2D eigenvalue weighted by Crippen LogP contribution is 2.24. The van der Waals surface area contributed by atoms with Crippen LogP contribution in [0.15, 0.2) is 47.3 Å². The molecule has 2 aromatic heterocycles. The van der Waals surface area contributed by atoms with Crippen LogP contribution in [-0.4, -0.2) is 36.0 Å². The third-order valence-electron chi connectivity index (χ3n) is 4.78. The monoisotopic (exact) mass is 412 g/mol. The van der Waals surface area contributed by atoms with Crippen molar-refractivity contribution in [2.24, 2.45) is 7.05 Å². The van der Waals surface area contributed by atoms with E-state index < -0.39 is 4.92 Å². The summed E-state index contributed by atoms with van der Waals surface area (Å²) in [6.07, 6.45) is 0. The van der Waals surface area contributed by atoms with Gasteiger partial charge in [0.05, 0.1) is 22.4 Å². The summed E-state index contributed by atoms with van der Waals surface area (Å²) in [5, 5.41) is 20.5. The van der Waals surface area contributed by atoms with E-state index in [-0.39, 0.29) is 11.2 Å². The maximum absolute atomic E-state index is 12.5. The molecule has 2 heterocycles. The van der Waals surface area contributed by atoms with Gasteiger partial charge in [-0.25, -0.2) is 0 Å². The molecule has 29 heavy (non-hydrogen) atoms. The normalized spacial score (nSPS) is 11.6. The van der Waals surface area contributed by atoms with Crippen LogP contribution in [-0.2, 0) is 20.1 Å². The number of halogens is 1. The second-order valence-corrected chi connectivity index (χ2v) is 7.25. The van der Waals surface area contributed by atoms with Crippen LogP contribution in [0.2, 0.25) is 5.02 Å². The molecule has 0 saturated carbocycles. The molecule has 9 nitrogen and oxygen atoms in total. The van der Waals surface area contributed by atoms with Gasteiger partial charge >= 0.3 is 0 Å². The van der Waals surface area contributed by atoms with E-state index in [0.717, 1.165) is 5.52 Å². The first kappa shape index (κ1) is 19.0. The Morgan fingerprint density at radius 2 is 1.93 bits per heavy atom. The van der Waals surface area contributed by atoms with Crippen molar-refractivity contribution >= 4 is 34.0 Å². The van der Waals surface area contributed by atoms with Gasteiger partial charge in [0, 0.05) is 30.7 Å². The van der Waals surface area contributed by atoms with E-state index in [4.69, 9.17) is 11.6 Å². The smallest absolute Gasteiger partial charge is 0.269 e. The largest absolute Gasteiger partial charge is 0.295 e. The summed E-state index contributed by atoms with van der Waals surface area (Å²) in [6.45, 7) is 0.793. The van der Waals surface area contributed by atoms with Gasteiger partial charge in [0.2, 0.25) is 5.78 Å². The zero-order valence-electron chi connectivity index (χ0n) is 15.7. The summed E-state index contributed by atoms with van der Waals surface area (Å²) in [7, 11) is 3.52. The number of nitro groups is 1. The van der Waals surface area contributed by atoms with E-state index >= 15 is 0 Å². The minimum atomic E-state index is -0.446. The van der Waals surface area contributed by atoms with Crippen LogP contribution in [0, 0.1) is 10.1 Å². The molecule has 2 aromatic carbocycles. The van der Waals surface area contributed by atoms with Crippen molar-refractivity contribution in [2.75, 3.05) is 7.05 Å². The van der Waals surface area contributed by atoms with E-state index in [1.165, 1.54) is 22.8 Å². The molecule has 0 aliphatic carbocycles. The Morgan fingerprint density at radius 1 is 1.17 bits per heavy atom. The summed E-state index contributed by atoms with van der Waals surface area (Å²) in [5.74, 6) is 1.10. The van der Waals surface area contributed by atoms with Gasteiger partial charge in [-0.15, -0.1) is 10.2 Å². The Morgan fingerprint density at radius 3 is 2.69 bits per heavy atom. The van der Waals surface area contributed by atoms with E-state index in [2.05, 4.69) is 10.2 Å². The fourth-order valence-corrected chi connectivity index (χ4v) is 3.56. The lowest BCUT2D eigenvalue weighted by Gasteiger charge is -2.17. The van der Waals surface area contributed by atoms with Crippen molar-refractivity contribution in [2.45, 2.75) is 13.1 Å². The zero-order valence-corrected chi connectivity index (χ0v) is 16.5. The molecule has 4 aromatic rings. The Kier molecular flexibility index (Phi) is 4.77. The number of aromatic nitrogens is 4. The first-order chi connectivity index (χ1) is 13.9. The Hall–Kier alpha value is -3.30. The minimum absolute atomic E-state index is 0.00767. The molecule has 0 spiro atoms. The molecule has 0 atom stereocenters. The topological polar surface area (TPSA) is 98.6 Å². The summed E-state index contributed by atoms with van der Waals surface area (Å²) in [5.41, 5.74) is 1.23. The molecule has 0 amide bonds. The SMILES string of the molecule is CN(Cc1cc([N+](=O)[O-])ccc1Cl)Cc1nnc2n(C)c(=O)c3ccccc3n12. The van der Waals surface area contributed by atoms with Crippen LogP contribution in [0.5, 0.6) is 0 Å². The standard InChI is InChI=1S/C19H17ClN6O3/c1-23(10-12-9-13(26(28)29)7-8-15(12)20)11-17-21-22-19-24(2)18(27)14-5-3-4-6-16(14)25(17)19/h3-9H,10-11H2,1-2H3. The van der Waals surface area contributed by atoms with Gasteiger partial charge < -0.3 is 0 Å². The van der Waals surface area contributed by atoms with E-state index in [9.17, 15) is 14.9 Å². The van der Waals surface area contributed by atoms with E-state index in [1.807, 2.05) is 34.5 Å². The van der Waals surface area contributed by atoms with Crippen LogP contribution in [0.4, 0.5) is 5.69 Å². The van der Waals surface area contributed by atoms with E-state index in [0.29, 0.717) is 40.7 Å². The summed E-state index contributed by atoms with van der Waals surface area (Å²) >= 11 is 6.22. The Balaban J connectivity index is 1.71. The number of aryl methyl sites for hydroxylation is 1. The van der Waals surface area contributed by atoms with Crippen molar-refractivity contribution < 1.29 is 4.92 Å². The molecule has 0 bridgehead atoms. The number of rotatable bonds is 5. The van der Waals surface area contributed by atoms with Crippen molar-refractivity contribution in [3.05, 3.63) is 79.3 Å². The number of fused-ring (bicyclic) bond motifs is 3. The maximum Gasteiger partial charge on any atom is 0.269 e. The number of hydrogen-bond acceptors (Lipinski definition) is 6. The zero-order chi connectivity index (χ0) is 20.7. The predicted molar refractivity (Wildman–Crippen MR) is 109 cm³/mol. The van der Waals surface area contributed by atoms with Crippen molar-refractivity contribution in [3.8, 4) is 0 Å². The quantitative estimate of drug-likeness (QED) is 0.369. The number of benzene rings is 2. The van der Waals surface area contributed by atoms with Crippen LogP contribution < -0.4 is 5.56 Å². The molecule has 0 radical (unpaired) electrons. The number of para-hydroxylation sites is 1. The Labute approximate surface area is 169 Å². The molecule has 0 N–H and O–H groups in total. The van der Waals surface area contributed by atoms with Gasteiger partial charge in [-0.05, 0) is 30.8 Å². The lowest BCUT2D eigenvalue weighted by atomic mass is 10.2. The number of nitrogens with zero attached hydrogens (tertiary/aromatic N) is 6. The second kappa shape index (κ2) is 7.26. The molecule has 0 aliphatic rings. The molecule has 0 unspecified atom stereocenters. The fraction of sp³-hybridized carbons (Fsp3) is 0.211. The first-order valence-corrected chi connectivity index (χ1v) is 9.17. The highest BCUT2D eigenvalue weighted by Gasteiger charge is 2.17. The fourth-order valence-electron chi connectivity index (χ4n) is 3.38. The Bertz CT molecular complexity index is 1310. The van der Waals surface area contributed by atoms with Gasteiger partial charge in [-0.1, -0.05) is 23.7 Å². The lowest BCUT2D eigenvalue weighted by molar-refractivity contribution is -0.384. The van der Waals surface area contributed by atoms with Crippen molar-refractivity contribution in [1.82, 2.24) is 24.1 Å². The van der Waals surface area contributed by atoms with Crippen LogP contribution in [0.25, 0.3) is 16.7 Å². The van der Waals surface area contributed by atoms with Crippen LogP contribution in [0.1, 0.15) is 11.4 Å².